The van der Waals surface area contributed by atoms with Crippen molar-refractivity contribution >= 4 is 39.1 Å². The predicted octanol–water partition coefficient (Wildman–Crippen LogP) is 1.53. The second-order valence-electron chi connectivity index (χ2n) is 5.57. The Balaban J connectivity index is 1.70. The number of furan rings is 1. The maximum Gasteiger partial charge on any atom is 0.291 e. The first-order chi connectivity index (χ1) is 13.4. The van der Waals surface area contributed by atoms with Crippen LogP contribution in [0, 0.1) is 0 Å². The van der Waals surface area contributed by atoms with E-state index in [0.29, 0.717) is 17.9 Å². The van der Waals surface area contributed by atoms with Gasteiger partial charge in [-0.1, -0.05) is 6.07 Å². The molecule has 0 fully saturated rings. The smallest absolute Gasteiger partial charge is 0.291 e. The minimum Gasteiger partial charge on any atom is -0.484 e. The number of sulfonamides is 1. The molecule has 1 heterocycles. The van der Waals surface area contributed by atoms with Crippen molar-refractivity contribution in [2.75, 3.05) is 30.2 Å². The van der Waals surface area contributed by atoms with Crippen LogP contribution in [-0.4, -0.2) is 45.1 Å². The van der Waals surface area contributed by atoms with E-state index in [1.165, 1.54) is 6.26 Å². The van der Waals surface area contributed by atoms with Crippen molar-refractivity contribution in [2.24, 2.45) is 0 Å². The third kappa shape index (κ3) is 7.59. The largest absolute Gasteiger partial charge is 0.484 e. The second kappa shape index (κ2) is 10.7. The van der Waals surface area contributed by atoms with Crippen molar-refractivity contribution in [2.45, 2.75) is 6.42 Å². The van der Waals surface area contributed by atoms with Crippen LogP contribution in [-0.2, 0) is 14.8 Å². The van der Waals surface area contributed by atoms with Crippen LogP contribution in [0.15, 0.2) is 47.1 Å². The number of halogens is 1. The first-order valence-corrected chi connectivity index (χ1v) is 10.5. The lowest BCUT2D eigenvalue weighted by Gasteiger charge is -2.09. The fraction of sp³-hybridized carbons (Fsp3) is 0.294. The summed E-state index contributed by atoms with van der Waals surface area (Å²) in [5.74, 6) is -0.170. The van der Waals surface area contributed by atoms with E-state index in [0.717, 1.165) is 0 Å². The maximum absolute atomic E-state index is 11.9. The molecule has 2 amide bonds. The van der Waals surface area contributed by atoms with Gasteiger partial charge in [-0.3, -0.25) is 9.59 Å². The summed E-state index contributed by atoms with van der Waals surface area (Å²) in [7, 11) is -3.45. The van der Waals surface area contributed by atoms with Crippen molar-refractivity contribution < 1.29 is 27.2 Å². The molecule has 0 unspecified atom stereocenters. The minimum absolute atomic E-state index is 0.174. The summed E-state index contributed by atoms with van der Waals surface area (Å²) >= 11 is 5.26. The Morgan fingerprint density at radius 3 is 2.68 bits per heavy atom. The predicted molar refractivity (Wildman–Crippen MR) is 104 cm³/mol. The molecule has 0 saturated carbocycles. The standard InChI is InChI=1S/C17H20ClN3O6S/c18-12-28(24,25)20-8-3-7-19-16(22)11-27-14-5-1-4-13(10-14)21-17(23)15-6-2-9-26-15/h1-2,4-6,9-10,20H,3,7-8,11-12H2,(H,19,22)(H,21,23). The summed E-state index contributed by atoms with van der Waals surface area (Å²) in [5.41, 5.74) is 0.492. The Hall–Kier alpha value is -2.56. The molecule has 28 heavy (non-hydrogen) atoms. The number of alkyl halides is 1. The van der Waals surface area contributed by atoms with Crippen molar-refractivity contribution in [1.82, 2.24) is 10.0 Å². The monoisotopic (exact) mass is 429 g/mol. The summed E-state index contributed by atoms with van der Waals surface area (Å²) in [5, 5.41) is 4.76. The molecule has 152 valence electrons. The Morgan fingerprint density at radius 1 is 1.14 bits per heavy atom. The summed E-state index contributed by atoms with van der Waals surface area (Å²) in [6, 6.07) is 9.73. The molecular weight excluding hydrogens is 410 g/mol. The number of carbonyl (C=O) groups excluding carboxylic acids is 2. The number of amides is 2. The molecule has 2 rings (SSSR count). The van der Waals surface area contributed by atoms with Gasteiger partial charge in [0.15, 0.2) is 12.4 Å². The zero-order valence-corrected chi connectivity index (χ0v) is 16.4. The summed E-state index contributed by atoms with van der Waals surface area (Å²) in [6.45, 7) is 0.239. The van der Waals surface area contributed by atoms with E-state index >= 15 is 0 Å². The van der Waals surface area contributed by atoms with Gasteiger partial charge in [0, 0.05) is 24.8 Å². The van der Waals surface area contributed by atoms with Crippen LogP contribution in [0.3, 0.4) is 0 Å². The average Bonchev–Trinajstić information content (AvgIpc) is 3.21. The highest BCUT2D eigenvalue weighted by molar-refractivity contribution is 7.90. The summed E-state index contributed by atoms with van der Waals surface area (Å²) < 4.78 is 35.0. The van der Waals surface area contributed by atoms with Gasteiger partial charge >= 0.3 is 0 Å². The third-order valence-electron chi connectivity index (χ3n) is 3.35. The van der Waals surface area contributed by atoms with Crippen LogP contribution in [0.5, 0.6) is 5.75 Å². The van der Waals surface area contributed by atoms with Gasteiger partial charge in [0.1, 0.15) is 11.0 Å². The summed E-state index contributed by atoms with van der Waals surface area (Å²) in [4.78, 5) is 23.7. The van der Waals surface area contributed by atoms with Crippen LogP contribution in [0.2, 0.25) is 0 Å². The molecule has 11 heteroatoms. The molecule has 1 aromatic heterocycles. The normalized spacial score (nSPS) is 11.0. The van der Waals surface area contributed by atoms with Gasteiger partial charge in [0.05, 0.1) is 6.26 Å². The Bertz CT molecular complexity index is 886. The highest BCUT2D eigenvalue weighted by Gasteiger charge is 2.10. The Morgan fingerprint density at radius 2 is 1.96 bits per heavy atom. The van der Waals surface area contributed by atoms with Crippen LogP contribution in [0.4, 0.5) is 5.69 Å². The first-order valence-electron chi connectivity index (χ1n) is 8.27. The molecule has 3 N–H and O–H groups in total. The first kappa shape index (κ1) is 21.7. The number of hydrogen-bond donors (Lipinski definition) is 3. The van der Waals surface area contributed by atoms with E-state index in [2.05, 4.69) is 15.4 Å². The van der Waals surface area contributed by atoms with Crippen LogP contribution in [0.1, 0.15) is 17.0 Å². The zero-order chi connectivity index (χ0) is 20.4. The quantitative estimate of drug-likeness (QED) is 0.367. The highest BCUT2D eigenvalue weighted by Crippen LogP contribution is 2.18. The lowest BCUT2D eigenvalue weighted by molar-refractivity contribution is -0.123. The number of carbonyl (C=O) groups is 2. The minimum atomic E-state index is -3.45. The molecule has 0 aliphatic heterocycles. The van der Waals surface area contributed by atoms with Crippen LogP contribution < -0.4 is 20.1 Å². The van der Waals surface area contributed by atoms with Crippen LogP contribution in [0.25, 0.3) is 0 Å². The second-order valence-corrected chi connectivity index (χ2v) is 7.96. The number of rotatable bonds is 11. The van der Waals surface area contributed by atoms with Gasteiger partial charge < -0.3 is 19.8 Å². The van der Waals surface area contributed by atoms with Gasteiger partial charge in [0.2, 0.25) is 10.0 Å². The van der Waals surface area contributed by atoms with Crippen molar-refractivity contribution in [3.05, 3.63) is 48.4 Å². The molecule has 0 atom stereocenters. The van der Waals surface area contributed by atoms with E-state index in [9.17, 15) is 18.0 Å². The number of nitrogens with one attached hydrogen (secondary N) is 3. The number of anilines is 1. The highest BCUT2D eigenvalue weighted by atomic mass is 35.5. The molecule has 0 radical (unpaired) electrons. The summed E-state index contributed by atoms with van der Waals surface area (Å²) in [6.07, 6.45) is 1.82. The molecular formula is C17H20ClN3O6S. The average molecular weight is 430 g/mol. The lowest BCUT2D eigenvalue weighted by atomic mass is 10.3. The van der Waals surface area contributed by atoms with Crippen LogP contribution >= 0.6 is 11.6 Å². The number of benzene rings is 1. The molecule has 0 spiro atoms. The van der Waals surface area contributed by atoms with Crippen molar-refractivity contribution in [1.29, 1.82) is 0 Å². The lowest BCUT2D eigenvalue weighted by Crippen LogP contribution is -2.32. The van der Waals surface area contributed by atoms with E-state index in [1.54, 1.807) is 36.4 Å². The van der Waals surface area contributed by atoms with Gasteiger partial charge in [-0.15, -0.1) is 11.6 Å². The third-order valence-corrected chi connectivity index (χ3v) is 5.14. The molecule has 1 aromatic carbocycles. The SMILES string of the molecule is O=C(COc1cccc(NC(=O)c2ccco2)c1)NCCCNS(=O)(=O)CCl. The molecule has 0 aliphatic rings. The Kier molecular flexibility index (Phi) is 8.30. The van der Waals surface area contributed by atoms with E-state index < -0.39 is 21.1 Å². The molecule has 2 aromatic rings. The maximum atomic E-state index is 11.9. The number of ether oxygens (including phenoxy) is 1. The molecule has 0 bridgehead atoms. The van der Waals surface area contributed by atoms with E-state index in [1.807, 2.05) is 0 Å². The number of hydrogen-bond acceptors (Lipinski definition) is 6. The van der Waals surface area contributed by atoms with Gasteiger partial charge in [-0.2, -0.15) is 0 Å². The molecule has 0 saturated heterocycles. The molecule has 9 nitrogen and oxygen atoms in total. The fourth-order valence-electron chi connectivity index (χ4n) is 2.05. The Labute approximate surface area is 167 Å². The van der Waals surface area contributed by atoms with Gasteiger partial charge in [-0.25, -0.2) is 13.1 Å². The van der Waals surface area contributed by atoms with E-state index in [-0.39, 0.29) is 31.4 Å². The van der Waals surface area contributed by atoms with Crippen molar-refractivity contribution in [3.63, 3.8) is 0 Å². The zero-order valence-electron chi connectivity index (χ0n) is 14.8. The fourth-order valence-corrected chi connectivity index (χ4v) is 2.81. The topological polar surface area (TPSA) is 127 Å². The van der Waals surface area contributed by atoms with Gasteiger partial charge in [0.25, 0.3) is 11.8 Å². The molecule has 0 aliphatic carbocycles. The van der Waals surface area contributed by atoms with E-state index in [4.69, 9.17) is 20.8 Å². The van der Waals surface area contributed by atoms with Gasteiger partial charge in [-0.05, 0) is 30.7 Å². The van der Waals surface area contributed by atoms with Crippen molar-refractivity contribution in [3.8, 4) is 5.75 Å².